The molecule has 3 rings (SSSR count). The fourth-order valence-electron chi connectivity index (χ4n) is 4.03. The van der Waals surface area contributed by atoms with Crippen molar-refractivity contribution >= 4 is 5.97 Å². The number of aromatic nitrogens is 4. The predicted octanol–water partition coefficient (Wildman–Crippen LogP) is 0.857. The van der Waals surface area contributed by atoms with Crippen molar-refractivity contribution in [3.63, 3.8) is 0 Å². The molecule has 2 aliphatic rings. The van der Waals surface area contributed by atoms with Gasteiger partial charge in [0.05, 0.1) is 0 Å². The van der Waals surface area contributed by atoms with Gasteiger partial charge < -0.3 is 10.4 Å². The summed E-state index contributed by atoms with van der Waals surface area (Å²) in [7, 11) is 0. The Balaban J connectivity index is 1.58. The molecule has 5 atom stereocenters. The maximum Gasteiger partial charge on any atom is 0.320 e. The fourth-order valence-corrected chi connectivity index (χ4v) is 4.03. The van der Waals surface area contributed by atoms with E-state index in [1.807, 2.05) is 0 Å². The van der Waals surface area contributed by atoms with Gasteiger partial charge in [-0.1, -0.05) is 12.1 Å². The van der Waals surface area contributed by atoms with Crippen molar-refractivity contribution in [2.75, 3.05) is 6.54 Å². The van der Waals surface area contributed by atoms with Gasteiger partial charge in [-0.05, 0) is 55.9 Å². The molecule has 7 heteroatoms. The third-order valence-electron chi connectivity index (χ3n) is 5.34. The summed E-state index contributed by atoms with van der Waals surface area (Å²) in [5, 5.41) is 26.5. The summed E-state index contributed by atoms with van der Waals surface area (Å²) < 4.78 is 0. The smallest absolute Gasteiger partial charge is 0.320 e. The average Bonchev–Trinajstić information content (AvgIpc) is 2.98. The second kappa shape index (κ2) is 6.09. The highest BCUT2D eigenvalue weighted by Gasteiger charge is 2.38. The maximum absolute atomic E-state index is 11.2. The van der Waals surface area contributed by atoms with Crippen molar-refractivity contribution in [2.45, 2.75) is 45.1 Å². The molecule has 2 fully saturated rings. The first-order valence-corrected chi connectivity index (χ1v) is 7.82. The van der Waals surface area contributed by atoms with Crippen LogP contribution in [0.1, 0.15) is 38.4 Å². The van der Waals surface area contributed by atoms with Gasteiger partial charge in [0, 0.05) is 6.42 Å². The second-order valence-electron chi connectivity index (χ2n) is 6.64. The van der Waals surface area contributed by atoms with Crippen LogP contribution in [0.25, 0.3) is 0 Å². The minimum absolute atomic E-state index is 0.363. The van der Waals surface area contributed by atoms with E-state index in [1.54, 1.807) is 0 Å². The van der Waals surface area contributed by atoms with Crippen molar-refractivity contribution in [2.24, 2.45) is 23.7 Å². The first-order valence-electron chi connectivity index (χ1n) is 7.82. The van der Waals surface area contributed by atoms with Gasteiger partial charge in [-0.2, -0.15) is 5.21 Å². The molecule has 1 saturated heterocycles. The summed E-state index contributed by atoms with van der Waals surface area (Å²) in [6, 6.07) is -0.363. The lowest BCUT2D eigenvalue weighted by Crippen LogP contribution is -2.50. The fraction of sp³-hybridized carbons (Fsp3) is 0.857. The molecule has 0 bridgehead atoms. The highest BCUT2D eigenvalue weighted by Crippen LogP contribution is 2.41. The Morgan fingerprint density at radius 2 is 2.24 bits per heavy atom. The summed E-state index contributed by atoms with van der Waals surface area (Å²) >= 11 is 0. The van der Waals surface area contributed by atoms with Crippen LogP contribution < -0.4 is 5.32 Å². The van der Waals surface area contributed by atoms with Crippen LogP contribution in [-0.2, 0) is 11.2 Å². The van der Waals surface area contributed by atoms with Crippen molar-refractivity contribution in [1.29, 1.82) is 0 Å². The molecule has 0 aromatic carbocycles. The summed E-state index contributed by atoms with van der Waals surface area (Å²) in [6.07, 6.45) is 5.17. The molecular weight excluding hydrogens is 270 g/mol. The maximum atomic E-state index is 11.2. The van der Waals surface area contributed by atoms with Gasteiger partial charge >= 0.3 is 5.97 Å². The SMILES string of the molecule is CC(Cc1nn[nH]n1)[C@H]1CC[C@H]2CN[C@H](C(=O)O)C[C@H]2C1. The summed E-state index contributed by atoms with van der Waals surface area (Å²) in [5.74, 6) is 2.40. The molecule has 1 saturated carbocycles. The van der Waals surface area contributed by atoms with E-state index in [4.69, 9.17) is 0 Å². The van der Waals surface area contributed by atoms with E-state index in [9.17, 15) is 9.90 Å². The number of nitrogens with one attached hydrogen (secondary N) is 2. The minimum atomic E-state index is -0.713. The molecule has 3 N–H and O–H groups in total. The Labute approximate surface area is 123 Å². The zero-order valence-corrected chi connectivity index (χ0v) is 12.3. The zero-order valence-electron chi connectivity index (χ0n) is 12.3. The topological polar surface area (TPSA) is 104 Å². The van der Waals surface area contributed by atoms with E-state index in [1.165, 1.54) is 12.8 Å². The molecule has 1 unspecified atom stereocenters. The Morgan fingerprint density at radius 3 is 2.95 bits per heavy atom. The highest BCUT2D eigenvalue weighted by atomic mass is 16.4. The van der Waals surface area contributed by atoms with Crippen LogP contribution in [-0.4, -0.2) is 44.3 Å². The number of aromatic amines is 1. The number of carbonyl (C=O) groups is 1. The quantitative estimate of drug-likeness (QED) is 0.760. The third kappa shape index (κ3) is 3.23. The molecule has 116 valence electrons. The normalized spacial score (nSPS) is 34.1. The van der Waals surface area contributed by atoms with Crippen molar-refractivity contribution in [1.82, 2.24) is 25.9 Å². The Kier molecular flexibility index (Phi) is 4.19. The van der Waals surface area contributed by atoms with Crippen LogP contribution in [0.4, 0.5) is 0 Å². The molecule has 0 radical (unpaired) electrons. The number of hydrogen-bond acceptors (Lipinski definition) is 5. The van der Waals surface area contributed by atoms with Gasteiger partial charge in [0.15, 0.2) is 5.82 Å². The van der Waals surface area contributed by atoms with E-state index >= 15 is 0 Å². The largest absolute Gasteiger partial charge is 0.480 e. The zero-order chi connectivity index (χ0) is 14.8. The summed E-state index contributed by atoms with van der Waals surface area (Å²) in [4.78, 5) is 11.2. The monoisotopic (exact) mass is 293 g/mol. The van der Waals surface area contributed by atoms with Crippen LogP contribution in [0.2, 0.25) is 0 Å². The molecule has 1 aliphatic carbocycles. The van der Waals surface area contributed by atoms with Crippen molar-refractivity contribution in [3.05, 3.63) is 5.82 Å². The molecule has 0 amide bonds. The van der Waals surface area contributed by atoms with Crippen molar-refractivity contribution < 1.29 is 9.90 Å². The van der Waals surface area contributed by atoms with Crippen LogP contribution in [0.3, 0.4) is 0 Å². The second-order valence-corrected chi connectivity index (χ2v) is 6.64. The predicted molar refractivity (Wildman–Crippen MR) is 75.4 cm³/mol. The van der Waals surface area contributed by atoms with E-state index < -0.39 is 5.97 Å². The van der Waals surface area contributed by atoms with Crippen LogP contribution in [0.15, 0.2) is 0 Å². The number of nitrogens with zero attached hydrogens (tertiary/aromatic N) is 3. The number of rotatable bonds is 4. The van der Waals surface area contributed by atoms with Gasteiger partial charge in [-0.15, -0.1) is 10.2 Å². The van der Waals surface area contributed by atoms with Gasteiger partial charge in [0.2, 0.25) is 0 Å². The molecule has 1 aromatic heterocycles. The highest BCUT2D eigenvalue weighted by molar-refractivity contribution is 5.73. The minimum Gasteiger partial charge on any atom is -0.480 e. The van der Waals surface area contributed by atoms with Gasteiger partial charge in [-0.3, -0.25) is 4.79 Å². The van der Waals surface area contributed by atoms with E-state index in [2.05, 4.69) is 32.9 Å². The number of carboxylic acid groups (broad SMARTS) is 1. The van der Waals surface area contributed by atoms with Crippen LogP contribution >= 0.6 is 0 Å². The lowest BCUT2D eigenvalue weighted by molar-refractivity contribution is -0.141. The molecular formula is C14H23N5O2. The van der Waals surface area contributed by atoms with E-state index in [0.29, 0.717) is 23.7 Å². The van der Waals surface area contributed by atoms with E-state index in [0.717, 1.165) is 31.6 Å². The summed E-state index contributed by atoms with van der Waals surface area (Å²) in [6.45, 7) is 3.10. The van der Waals surface area contributed by atoms with E-state index in [-0.39, 0.29) is 6.04 Å². The molecule has 21 heavy (non-hydrogen) atoms. The lowest BCUT2D eigenvalue weighted by Gasteiger charge is -2.43. The number of tetrazole rings is 1. The van der Waals surface area contributed by atoms with Gasteiger partial charge in [-0.25, -0.2) is 0 Å². The molecule has 1 aromatic rings. The third-order valence-corrected chi connectivity index (χ3v) is 5.34. The first kappa shape index (κ1) is 14.4. The van der Waals surface area contributed by atoms with Crippen molar-refractivity contribution in [3.8, 4) is 0 Å². The standard InChI is InChI=1S/C14H23N5O2/c1-8(4-13-16-18-19-17-13)9-2-3-10-7-15-12(14(20)21)6-11(10)5-9/h8-12,15H,2-7H2,1H3,(H,20,21)(H,16,17,18,19)/t8?,9-,10-,11+,12-/m0/s1. The first-order chi connectivity index (χ1) is 10.1. The average molecular weight is 293 g/mol. The number of fused-ring (bicyclic) bond motifs is 1. The van der Waals surface area contributed by atoms with Gasteiger partial charge in [0.25, 0.3) is 0 Å². The number of H-pyrrole nitrogens is 1. The Morgan fingerprint density at radius 1 is 1.38 bits per heavy atom. The lowest BCUT2D eigenvalue weighted by atomic mass is 9.66. The molecule has 2 heterocycles. The number of carboxylic acids is 1. The molecule has 0 spiro atoms. The van der Waals surface area contributed by atoms with Crippen LogP contribution in [0, 0.1) is 23.7 Å². The summed E-state index contributed by atoms with van der Waals surface area (Å²) in [5.41, 5.74) is 0. The number of hydrogen-bond donors (Lipinski definition) is 3. The molecule has 1 aliphatic heterocycles. The molecule has 7 nitrogen and oxygen atoms in total. The van der Waals surface area contributed by atoms with Gasteiger partial charge in [0.1, 0.15) is 6.04 Å². The Hall–Kier alpha value is -1.50. The Bertz CT molecular complexity index is 478. The number of aliphatic carboxylic acids is 1. The van der Waals surface area contributed by atoms with Crippen LogP contribution in [0.5, 0.6) is 0 Å². The number of piperidine rings is 1.